The minimum absolute atomic E-state index is 0.632. The quantitative estimate of drug-likeness (QED) is 0.441. The second kappa shape index (κ2) is 6.74. The van der Waals surface area contributed by atoms with Crippen LogP contribution >= 0.6 is 0 Å². The fourth-order valence-electron chi connectivity index (χ4n) is 3.49. The van der Waals surface area contributed by atoms with Crippen LogP contribution in [0.1, 0.15) is 57.6 Å². The van der Waals surface area contributed by atoms with E-state index < -0.39 is 0 Å². The number of aryl methyl sites for hydroxylation is 1. The standard InChI is InChI=1S/C23H28/c1-5-17(4)21-13-11-20-14-18-8-6-7-9-19(18)15-23(20)22(21)12-10-16(2)3/h6-9,11,13-17H,5,10,12H2,1-4H3. The van der Waals surface area contributed by atoms with Crippen molar-refractivity contribution in [2.75, 3.05) is 0 Å². The molecule has 3 aromatic carbocycles. The van der Waals surface area contributed by atoms with Gasteiger partial charge in [-0.2, -0.15) is 0 Å². The molecule has 23 heavy (non-hydrogen) atoms. The van der Waals surface area contributed by atoms with Crippen LogP contribution in [0.3, 0.4) is 0 Å². The summed E-state index contributed by atoms with van der Waals surface area (Å²) in [6.45, 7) is 9.30. The lowest BCUT2D eigenvalue weighted by molar-refractivity contribution is 0.583. The topological polar surface area (TPSA) is 0 Å². The third kappa shape index (κ3) is 3.27. The molecule has 0 saturated heterocycles. The first-order valence-corrected chi connectivity index (χ1v) is 9.04. The van der Waals surface area contributed by atoms with Crippen molar-refractivity contribution in [3.05, 3.63) is 59.7 Å². The number of benzene rings is 3. The van der Waals surface area contributed by atoms with Gasteiger partial charge in [-0.05, 0) is 75.9 Å². The molecule has 0 aliphatic rings. The van der Waals surface area contributed by atoms with Gasteiger partial charge >= 0.3 is 0 Å². The number of fused-ring (bicyclic) bond motifs is 2. The lowest BCUT2D eigenvalue weighted by Crippen LogP contribution is -2.02. The highest BCUT2D eigenvalue weighted by molar-refractivity contribution is 6.00. The summed E-state index contributed by atoms with van der Waals surface area (Å²) < 4.78 is 0. The Morgan fingerprint density at radius 3 is 2.17 bits per heavy atom. The maximum Gasteiger partial charge on any atom is -0.0143 e. The highest BCUT2D eigenvalue weighted by atomic mass is 14.2. The fraction of sp³-hybridized carbons (Fsp3) is 0.391. The Balaban J connectivity index is 2.23. The molecule has 0 fully saturated rings. The van der Waals surface area contributed by atoms with Gasteiger partial charge in [0.15, 0.2) is 0 Å². The van der Waals surface area contributed by atoms with Gasteiger partial charge in [-0.15, -0.1) is 0 Å². The number of rotatable bonds is 5. The Morgan fingerprint density at radius 1 is 0.826 bits per heavy atom. The van der Waals surface area contributed by atoms with Crippen molar-refractivity contribution in [1.29, 1.82) is 0 Å². The smallest absolute Gasteiger partial charge is 0.0143 e. The van der Waals surface area contributed by atoms with Gasteiger partial charge in [-0.25, -0.2) is 0 Å². The zero-order chi connectivity index (χ0) is 16.4. The van der Waals surface area contributed by atoms with Crippen LogP contribution in [-0.4, -0.2) is 0 Å². The highest BCUT2D eigenvalue weighted by Crippen LogP contribution is 2.33. The van der Waals surface area contributed by atoms with Crippen molar-refractivity contribution in [3.63, 3.8) is 0 Å². The van der Waals surface area contributed by atoms with E-state index in [0.29, 0.717) is 5.92 Å². The molecule has 0 aliphatic carbocycles. The first kappa shape index (κ1) is 16.1. The molecule has 0 aliphatic heterocycles. The summed E-state index contributed by atoms with van der Waals surface area (Å²) in [6, 6.07) is 18.2. The molecule has 0 aromatic heterocycles. The third-order valence-corrected chi connectivity index (χ3v) is 5.15. The molecule has 0 saturated carbocycles. The van der Waals surface area contributed by atoms with Crippen molar-refractivity contribution in [2.45, 2.75) is 52.9 Å². The summed E-state index contributed by atoms with van der Waals surface area (Å²) in [5, 5.41) is 5.54. The summed E-state index contributed by atoms with van der Waals surface area (Å²) in [5.41, 5.74) is 3.13. The predicted molar refractivity (Wildman–Crippen MR) is 103 cm³/mol. The molecule has 120 valence electrons. The molecule has 1 unspecified atom stereocenters. The monoisotopic (exact) mass is 304 g/mol. The second-order valence-corrected chi connectivity index (χ2v) is 7.30. The first-order valence-electron chi connectivity index (χ1n) is 9.04. The van der Waals surface area contributed by atoms with Gasteiger partial charge in [-0.1, -0.05) is 64.1 Å². The van der Waals surface area contributed by atoms with E-state index >= 15 is 0 Å². The molecule has 0 heteroatoms. The van der Waals surface area contributed by atoms with E-state index in [1.165, 1.54) is 40.8 Å². The summed E-state index contributed by atoms with van der Waals surface area (Å²) in [6.07, 6.45) is 3.65. The summed E-state index contributed by atoms with van der Waals surface area (Å²) in [7, 11) is 0. The molecule has 0 spiro atoms. The lowest BCUT2D eigenvalue weighted by atomic mass is 9.86. The van der Waals surface area contributed by atoms with Crippen LogP contribution in [0.15, 0.2) is 48.5 Å². The zero-order valence-corrected chi connectivity index (χ0v) is 14.9. The molecule has 1 atom stereocenters. The Labute approximate surface area is 140 Å². The van der Waals surface area contributed by atoms with E-state index in [0.717, 1.165) is 5.92 Å². The lowest BCUT2D eigenvalue weighted by Gasteiger charge is -2.19. The van der Waals surface area contributed by atoms with Crippen LogP contribution in [0.25, 0.3) is 21.5 Å². The maximum absolute atomic E-state index is 2.41. The van der Waals surface area contributed by atoms with Crippen LogP contribution in [0.4, 0.5) is 0 Å². The average Bonchev–Trinajstić information content (AvgIpc) is 2.56. The molecule has 0 heterocycles. The van der Waals surface area contributed by atoms with Gasteiger partial charge in [0, 0.05) is 0 Å². The van der Waals surface area contributed by atoms with Gasteiger partial charge in [0.1, 0.15) is 0 Å². The molecule has 0 radical (unpaired) electrons. The molecule has 3 rings (SSSR count). The van der Waals surface area contributed by atoms with E-state index in [-0.39, 0.29) is 0 Å². The summed E-state index contributed by atoms with van der Waals surface area (Å²) >= 11 is 0. The van der Waals surface area contributed by atoms with Crippen LogP contribution < -0.4 is 0 Å². The van der Waals surface area contributed by atoms with Crippen LogP contribution in [0, 0.1) is 5.92 Å². The Kier molecular flexibility index (Phi) is 4.71. The maximum atomic E-state index is 2.41. The van der Waals surface area contributed by atoms with E-state index in [9.17, 15) is 0 Å². The van der Waals surface area contributed by atoms with E-state index in [1.807, 2.05) is 0 Å². The molecular weight excluding hydrogens is 276 g/mol. The van der Waals surface area contributed by atoms with E-state index in [4.69, 9.17) is 0 Å². The summed E-state index contributed by atoms with van der Waals surface area (Å²) in [4.78, 5) is 0. The van der Waals surface area contributed by atoms with Gasteiger partial charge in [0.25, 0.3) is 0 Å². The molecule has 0 bridgehead atoms. The van der Waals surface area contributed by atoms with Crippen molar-refractivity contribution < 1.29 is 0 Å². The first-order chi connectivity index (χ1) is 11.1. The van der Waals surface area contributed by atoms with Crippen molar-refractivity contribution in [2.24, 2.45) is 5.92 Å². The van der Waals surface area contributed by atoms with Crippen LogP contribution in [0.2, 0.25) is 0 Å². The Hall–Kier alpha value is -1.82. The van der Waals surface area contributed by atoms with Gasteiger partial charge < -0.3 is 0 Å². The zero-order valence-electron chi connectivity index (χ0n) is 14.9. The van der Waals surface area contributed by atoms with Crippen molar-refractivity contribution >= 4 is 21.5 Å². The van der Waals surface area contributed by atoms with Gasteiger partial charge in [0.2, 0.25) is 0 Å². The van der Waals surface area contributed by atoms with Gasteiger partial charge in [0.05, 0.1) is 0 Å². The van der Waals surface area contributed by atoms with Gasteiger partial charge in [-0.3, -0.25) is 0 Å². The molecule has 0 N–H and O–H groups in total. The minimum Gasteiger partial charge on any atom is -0.0648 e. The molecule has 3 aromatic rings. The SMILES string of the molecule is CCC(C)c1ccc2cc3ccccc3cc2c1CCC(C)C. The number of hydrogen-bond acceptors (Lipinski definition) is 0. The van der Waals surface area contributed by atoms with Crippen LogP contribution in [0.5, 0.6) is 0 Å². The average molecular weight is 304 g/mol. The Morgan fingerprint density at radius 2 is 1.52 bits per heavy atom. The number of hydrogen-bond donors (Lipinski definition) is 0. The predicted octanol–water partition coefficient (Wildman–Crippen LogP) is 7.10. The largest absolute Gasteiger partial charge is 0.0648 e. The highest BCUT2D eigenvalue weighted by Gasteiger charge is 2.13. The third-order valence-electron chi connectivity index (χ3n) is 5.15. The van der Waals surface area contributed by atoms with Crippen molar-refractivity contribution in [1.82, 2.24) is 0 Å². The van der Waals surface area contributed by atoms with Crippen LogP contribution in [-0.2, 0) is 6.42 Å². The summed E-state index contributed by atoms with van der Waals surface area (Å²) in [5.74, 6) is 1.38. The molecular formula is C23H28. The van der Waals surface area contributed by atoms with Crippen molar-refractivity contribution in [3.8, 4) is 0 Å². The Bertz CT molecular complexity index is 811. The van der Waals surface area contributed by atoms with E-state index in [1.54, 1.807) is 11.1 Å². The molecule has 0 amide bonds. The molecule has 0 nitrogen and oxygen atoms in total. The normalized spacial score (nSPS) is 13.1. The minimum atomic E-state index is 0.632. The second-order valence-electron chi connectivity index (χ2n) is 7.30. The van der Waals surface area contributed by atoms with E-state index in [2.05, 4.69) is 76.2 Å². The fourth-order valence-corrected chi connectivity index (χ4v) is 3.49.